The molecule has 1 aliphatic rings. The first-order chi connectivity index (χ1) is 8.77. The second-order valence-electron chi connectivity index (χ2n) is 5.34. The van der Waals surface area contributed by atoms with Crippen LogP contribution in [0.2, 0.25) is 0 Å². The second kappa shape index (κ2) is 9.37. The number of ether oxygens (including phenoxy) is 1. The van der Waals surface area contributed by atoms with Crippen LogP contribution >= 0.6 is 0 Å². The van der Waals surface area contributed by atoms with E-state index >= 15 is 0 Å². The summed E-state index contributed by atoms with van der Waals surface area (Å²) in [5.74, 6) is 0.860. The Bertz CT molecular complexity index is 225. The summed E-state index contributed by atoms with van der Waals surface area (Å²) in [6, 6.07) is -0.0986. The van der Waals surface area contributed by atoms with Crippen LogP contribution in [0.25, 0.3) is 0 Å². The molecule has 0 amide bonds. The number of nitrogens with one attached hydrogen (secondary N) is 1. The van der Waals surface area contributed by atoms with Crippen molar-refractivity contribution in [3.05, 3.63) is 0 Å². The van der Waals surface area contributed by atoms with Gasteiger partial charge in [0.2, 0.25) is 0 Å². The first-order valence-electron chi connectivity index (χ1n) is 7.68. The fourth-order valence-corrected chi connectivity index (χ4v) is 2.80. The molecular formula is C15H29NO2. The quantitative estimate of drug-likeness (QED) is 0.507. The summed E-state index contributed by atoms with van der Waals surface area (Å²) in [7, 11) is 0. The van der Waals surface area contributed by atoms with Crippen molar-refractivity contribution in [2.24, 2.45) is 5.92 Å². The van der Waals surface area contributed by atoms with E-state index < -0.39 is 0 Å². The Balaban J connectivity index is 2.13. The van der Waals surface area contributed by atoms with Gasteiger partial charge >= 0.3 is 5.97 Å². The molecule has 1 atom stereocenters. The van der Waals surface area contributed by atoms with E-state index in [0.29, 0.717) is 6.61 Å². The predicted octanol–water partition coefficient (Wildman–Crippen LogP) is 3.28. The average molecular weight is 255 g/mol. The Morgan fingerprint density at radius 2 is 2.06 bits per heavy atom. The van der Waals surface area contributed by atoms with Crippen molar-refractivity contribution in [1.29, 1.82) is 0 Å². The van der Waals surface area contributed by atoms with Gasteiger partial charge in [0.15, 0.2) is 0 Å². The maximum atomic E-state index is 11.7. The molecule has 1 N–H and O–H groups in total. The van der Waals surface area contributed by atoms with Gasteiger partial charge < -0.3 is 10.1 Å². The molecular weight excluding hydrogens is 226 g/mol. The molecule has 0 radical (unpaired) electrons. The van der Waals surface area contributed by atoms with Gasteiger partial charge in [0.1, 0.15) is 6.04 Å². The minimum Gasteiger partial charge on any atom is -0.465 e. The molecule has 0 heterocycles. The van der Waals surface area contributed by atoms with Crippen LogP contribution in [0.4, 0.5) is 0 Å². The van der Waals surface area contributed by atoms with Gasteiger partial charge in [0, 0.05) is 0 Å². The average Bonchev–Trinajstić information content (AvgIpc) is 2.86. The molecule has 0 aliphatic heterocycles. The van der Waals surface area contributed by atoms with Gasteiger partial charge in [-0.25, -0.2) is 0 Å². The van der Waals surface area contributed by atoms with Crippen LogP contribution in [0.1, 0.15) is 65.2 Å². The lowest BCUT2D eigenvalue weighted by Gasteiger charge is -2.17. The molecule has 1 rings (SSSR count). The zero-order chi connectivity index (χ0) is 13.2. The number of rotatable bonds is 9. The number of carbonyl (C=O) groups excluding carboxylic acids is 1. The Morgan fingerprint density at radius 1 is 1.33 bits per heavy atom. The van der Waals surface area contributed by atoms with Crippen molar-refractivity contribution >= 4 is 5.97 Å². The van der Waals surface area contributed by atoms with E-state index in [0.717, 1.165) is 25.3 Å². The van der Waals surface area contributed by atoms with Crippen LogP contribution in [0, 0.1) is 5.92 Å². The highest BCUT2D eigenvalue weighted by Gasteiger charge is 2.18. The Kier molecular flexibility index (Phi) is 8.06. The number of hydrogen-bond acceptors (Lipinski definition) is 3. The van der Waals surface area contributed by atoms with Gasteiger partial charge in [-0.05, 0) is 38.6 Å². The largest absolute Gasteiger partial charge is 0.465 e. The Labute approximate surface area is 112 Å². The number of carbonyl (C=O) groups is 1. The molecule has 3 heteroatoms. The molecule has 0 saturated heterocycles. The monoisotopic (exact) mass is 255 g/mol. The summed E-state index contributed by atoms with van der Waals surface area (Å²) < 4.78 is 5.09. The van der Waals surface area contributed by atoms with E-state index in [4.69, 9.17) is 4.74 Å². The van der Waals surface area contributed by atoms with E-state index in [2.05, 4.69) is 12.2 Å². The minimum atomic E-state index is -0.0986. The van der Waals surface area contributed by atoms with E-state index in [9.17, 15) is 4.79 Å². The third-order valence-electron chi connectivity index (χ3n) is 3.80. The Hall–Kier alpha value is -0.570. The second-order valence-corrected chi connectivity index (χ2v) is 5.34. The van der Waals surface area contributed by atoms with Crippen molar-refractivity contribution in [2.75, 3.05) is 13.2 Å². The van der Waals surface area contributed by atoms with E-state index in [1.807, 2.05) is 6.92 Å². The molecule has 1 fully saturated rings. The summed E-state index contributed by atoms with van der Waals surface area (Å²) in [6.45, 7) is 5.39. The fraction of sp³-hybridized carbons (Fsp3) is 0.933. The maximum absolute atomic E-state index is 11.7. The van der Waals surface area contributed by atoms with Crippen molar-refractivity contribution in [1.82, 2.24) is 5.32 Å². The first-order valence-corrected chi connectivity index (χ1v) is 7.68. The van der Waals surface area contributed by atoms with Crippen LogP contribution in [0.5, 0.6) is 0 Å². The van der Waals surface area contributed by atoms with Crippen LogP contribution in [0.3, 0.4) is 0 Å². The number of esters is 1. The van der Waals surface area contributed by atoms with Gasteiger partial charge in [-0.1, -0.05) is 39.0 Å². The molecule has 0 bridgehead atoms. The third kappa shape index (κ3) is 5.85. The molecule has 0 aromatic carbocycles. The lowest BCUT2D eigenvalue weighted by Crippen LogP contribution is -2.38. The molecule has 0 aromatic rings. The van der Waals surface area contributed by atoms with Crippen LogP contribution in [-0.4, -0.2) is 25.2 Å². The molecule has 1 aliphatic carbocycles. The summed E-state index contributed by atoms with van der Waals surface area (Å²) in [4.78, 5) is 11.7. The van der Waals surface area contributed by atoms with Gasteiger partial charge in [0.05, 0.1) is 6.61 Å². The van der Waals surface area contributed by atoms with E-state index in [1.54, 1.807) is 0 Å². The van der Waals surface area contributed by atoms with Crippen molar-refractivity contribution < 1.29 is 9.53 Å². The Morgan fingerprint density at radius 3 is 2.67 bits per heavy atom. The SMILES string of the molecule is CCCC(NCCCC1CCCC1)C(=O)OCC. The highest BCUT2D eigenvalue weighted by molar-refractivity contribution is 5.75. The molecule has 0 aromatic heterocycles. The van der Waals surface area contributed by atoms with Crippen molar-refractivity contribution in [2.45, 2.75) is 71.3 Å². The van der Waals surface area contributed by atoms with Crippen molar-refractivity contribution in [3.8, 4) is 0 Å². The molecule has 0 spiro atoms. The van der Waals surface area contributed by atoms with Crippen LogP contribution < -0.4 is 5.32 Å². The van der Waals surface area contributed by atoms with Crippen LogP contribution in [-0.2, 0) is 9.53 Å². The maximum Gasteiger partial charge on any atom is 0.323 e. The van der Waals surface area contributed by atoms with Gasteiger partial charge in [-0.3, -0.25) is 4.79 Å². The lowest BCUT2D eigenvalue weighted by atomic mass is 10.0. The molecule has 106 valence electrons. The third-order valence-corrected chi connectivity index (χ3v) is 3.80. The zero-order valence-corrected chi connectivity index (χ0v) is 12.0. The zero-order valence-electron chi connectivity index (χ0n) is 12.0. The molecule has 1 saturated carbocycles. The lowest BCUT2D eigenvalue weighted by molar-refractivity contribution is -0.145. The van der Waals surface area contributed by atoms with Crippen LogP contribution in [0.15, 0.2) is 0 Å². The summed E-state index contributed by atoms with van der Waals surface area (Å²) in [5, 5.41) is 3.35. The topological polar surface area (TPSA) is 38.3 Å². The highest BCUT2D eigenvalue weighted by atomic mass is 16.5. The summed E-state index contributed by atoms with van der Waals surface area (Å²) in [5.41, 5.74) is 0. The van der Waals surface area contributed by atoms with Gasteiger partial charge in [0.25, 0.3) is 0 Å². The number of hydrogen-bond donors (Lipinski definition) is 1. The van der Waals surface area contributed by atoms with Gasteiger partial charge in [-0.2, -0.15) is 0 Å². The van der Waals surface area contributed by atoms with Gasteiger partial charge in [-0.15, -0.1) is 0 Å². The predicted molar refractivity (Wildman–Crippen MR) is 74.5 cm³/mol. The summed E-state index contributed by atoms with van der Waals surface area (Å²) in [6.07, 6.45) is 10.0. The normalized spacial score (nSPS) is 17.9. The minimum absolute atomic E-state index is 0.0831. The first kappa shape index (κ1) is 15.5. The smallest absolute Gasteiger partial charge is 0.323 e. The van der Waals surface area contributed by atoms with Crippen molar-refractivity contribution in [3.63, 3.8) is 0 Å². The highest BCUT2D eigenvalue weighted by Crippen LogP contribution is 2.28. The molecule has 18 heavy (non-hydrogen) atoms. The standard InChI is InChI=1S/C15H29NO2/c1-3-8-14(15(17)18-4-2)16-12-7-11-13-9-5-6-10-13/h13-14,16H,3-12H2,1-2H3. The molecule has 3 nitrogen and oxygen atoms in total. The van der Waals surface area contributed by atoms with E-state index in [-0.39, 0.29) is 12.0 Å². The molecule has 1 unspecified atom stereocenters. The summed E-state index contributed by atoms with van der Waals surface area (Å²) >= 11 is 0. The van der Waals surface area contributed by atoms with E-state index in [1.165, 1.54) is 38.5 Å². The fourth-order valence-electron chi connectivity index (χ4n) is 2.80.